The first-order valence-corrected chi connectivity index (χ1v) is 6.23. The molecule has 21 heavy (non-hydrogen) atoms. The topological polar surface area (TPSA) is 99.6 Å². The van der Waals surface area contributed by atoms with Crippen molar-refractivity contribution in [2.24, 2.45) is 0 Å². The van der Waals surface area contributed by atoms with Crippen LogP contribution < -0.4 is 26.3 Å². The van der Waals surface area contributed by atoms with Crippen LogP contribution in [-0.4, -0.2) is 20.1 Å². The monoisotopic (exact) mass is 287 g/mol. The van der Waals surface area contributed by atoms with Crippen molar-refractivity contribution in [2.75, 3.05) is 31.0 Å². The number of anilines is 3. The van der Waals surface area contributed by atoms with E-state index in [9.17, 15) is 4.79 Å². The lowest BCUT2D eigenvalue weighted by Crippen LogP contribution is -2.13. The Hall–Kier alpha value is -2.89. The molecular formula is C15H17N3O3. The van der Waals surface area contributed by atoms with Crippen LogP contribution in [0.5, 0.6) is 11.5 Å². The molecule has 0 saturated carbocycles. The molecule has 0 fully saturated rings. The maximum Gasteiger partial charge on any atom is 0.255 e. The van der Waals surface area contributed by atoms with E-state index in [0.717, 1.165) is 0 Å². The minimum atomic E-state index is -0.299. The van der Waals surface area contributed by atoms with Gasteiger partial charge in [0.1, 0.15) is 11.5 Å². The lowest BCUT2D eigenvalue weighted by molar-refractivity contribution is 0.102. The van der Waals surface area contributed by atoms with Crippen molar-refractivity contribution in [1.29, 1.82) is 0 Å². The van der Waals surface area contributed by atoms with Gasteiger partial charge in [-0.1, -0.05) is 6.07 Å². The largest absolute Gasteiger partial charge is 0.495 e. The Morgan fingerprint density at radius 1 is 1.05 bits per heavy atom. The number of nitrogen functional groups attached to an aromatic ring is 2. The summed E-state index contributed by atoms with van der Waals surface area (Å²) in [5.41, 5.74) is 13.3. The smallest absolute Gasteiger partial charge is 0.255 e. The molecule has 0 bridgehead atoms. The van der Waals surface area contributed by atoms with Crippen LogP contribution in [-0.2, 0) is 0 Å². The Bertz CT molecular complexity index is 671. The van der Waals surface area contributed by atoms with E-state index < -0.39 is 0 Å². The van der Waals surface area contributed by atoms with Crippen LogP contribution in [0.25, 0.3) is 0 Å². The molecule has 0 aliphatic heterocycles. The highest BCUT2D eigenvalue weighted by Crippen LogP contribution is 2.34. The molecule has 6 nitrogen and oxygen atoms in total. The number of carbonyl (C=O) groups is 1. The molecule has 0 aliphatic carbocycles. The van der Waals surface area contributed by atoms with Crippen molar-refractivity contribution in [3.8, 4) is 11.5 Å². The number of ether oxygens (including phenoxy) is 2. The van der Waals surface area contributed by atoms with Gasteiger partial charge in [0.05, 0.1) is 25.6 Å². The van der Waals surface area contributed by atoms with E-state index in [-0.39, 0.29) is 5.91 Å². The first-order chi connectivity index (χ1) is 10.0. The van der Waals surface area contributed by atoms with Crippen LogP contribution in [0.1, 0.15) is 10.4 Å². The van der Waals surface area contributed by atoms with Crippen LogP contribution in [0.4, 0.5) is 17.1 Å². The fourth-order valence-electron chi connectivity index (χ4n) is 1.89. The predicted octanol–water partition coefficient (Wildman–Crippen LogP) is 2.12. The summed E-state index contributed by atoms with van der Waals surface area (Å²) in [6.45, 7) is 0. The van der Waals surface area contributed by atoms with Gasteiger partial charge in [-0.15, -0.1) is 0 Å². The quantitative estimate of drug-likeness (QED) is 0.748. The number of nitrogens with two attached hydrogens (primary N) is 2. The van der Waals surface area contributed by atoms with E-state index >= 15 is 0 Å². The summed E-state index contributed by atoms with van der Waals surface area (Å²) in [4.78, 5) is 12.2. The summed E-state index contributed by atoms with van der Waals surface area (Å²) in [5, 5.41) is 2.75. The summed E-state index contributed by atoms with van der Waals surface area (Å²) in [7, 11) is 3.00. The number of hydrogen-bond acceptors (Lipinski definition) is 5. The zero-order chi connectivity index (χ0) is 15.4. The van der Waals surface area contributed by atoms with Crippen molar-refractivity contribution >= 4 is 23.0 Å². The van der Waals surface area contributed by atoms with Crippen LogP contribution >= 0.6 is 0 Å². The third-order valence-corrected chi connectivity index (χ3v) is 2.95. The van der Waals surface area contributed by atoms with Gasteiger partial charge < -0.3 is 26.3 Å². The van der Waals surface area contributed by atoms with E-state index in [4.69, 9.17) is 20.9 Å². The van der Waals surface area contributed by atoms with Gasteiger partial charge in [0, 0.05) is 23.4 Å². The van der Waals surface area contributed by atoms with Gasteiger partial charge in [-0.05, 0) is 18.2 Å². The molecule has 6 heteroatoms. The van der Waals surface area contributed by atoms with Crippen molar-refractivity contribution < 1.29 is 14.3 Å². The average Bonchev–Trinajstić information content (AvgIpc) is 2.48. The molecule has 2 rings (SSSR count). The molecule has 1 amide bonds. The molecule has 0 heterocycles. The predicted molar refractivity (Wildman–Crippen MR) is 82.8 cm³/mol. The molecule has 0 aromatic heterocycles. The first kappa shape index (κ1) is 14.5. The highest BCUT2D eigenvalue weighted by molar-refractivity contribution is 6.05. The molecule has 110 valence electrons. The fourth-order valence-corrected chi connectivity index (χ4v) is 1.89. The summed E-state index contributed by atoms with van der Waals surface area (Å²) in [5.74, 6) is 0.608. The number of hydrogen-bond donors (Lipinski definition) is 3. The summed E-state index contributed by atoms with van der Waals surface area (Å²) < 4.78 is 10.4. The Labute approximate surface area is 122 Å². The number of methoxy groups -OCH3 is 2. The van der Waals surface area contributed by atoms with Gasteiger partial charge in [0.2, 0.25) is 0 Å². The fraction of sp³-hybridized carbons (Fsp3) is 0.133. The van der Waals surface area contributed by atoms with E-state index in [2.05, 4.69) is 5.32 Å². The highest BCUT2D eigenvalue weighted by atomic mass is 16.5. The van der Waals surface area contributed by atoms with E-state index in [1.165, 1.54) is 14.2 Å². The third-order valence-electron chi connectivity index (χ3n) is 2.95. The van der Waals surface area contributed by atoms with E-state index in [1.807, 2.05) is 0 Å². The summed E-state index contributed by atoms with van der Waals surface area (Å²) in [6.07, 6.45) is 0. The normalized spacial score (nSPS) is 10.0. The van der Waals surface area contributed by atoms with E-state index in [0.29, 0.717) is 34.1 Å². The van der Waals surface area contributed by atoms with Crippen molar-refractivity contribution in [2.45, 2.75) is 0 Å². The lowest BCUT2D eigenvalue weighted by atomic mass is 10.1. The maximum absolute atomic E-state index is 12.2. The second-order valence-corrected chi connectivity index (χ2v) is 4.37. The molecule has 2 aromatic rings. The van der Waals surface area contributed by atoms with Crippen molar-refractivity contribution in [3.63, 3.8) is 0 Å². The molecular weight excluding hydrogens is 270 g/mol. The SMILES string of the molecule is COc1cc(NC(=O)c2cccc(N)c2)c(OC)cc1N. The van der Waals surface area contributed by atoms with Crippen LogP contribution in [0.15, 0.2) is 36.4 Å². The third kappa shape index (κ3) is 3.17. The molecule has 0 atom stereocenters. The average molecular weight is 287 g/mol. The Morgan fingerprint density at radius 2 is 1.76 bits per heavy atom. The Morgan fingerprint density at radius 3 is 2.38 bits per heavy atom. The first-order valence-electron chi connectivity index (χ1n) is 6.23. The minimum absolute atomic E-state index is 0.299. The van der Waals surface area contributed by atoms with Gasteiger partial charge >= 0.3 is 0 Å². The zero-order valence-corrected chi connectivity index (χ0v) is 11.8. The lowest BCUT2D eigenvalue weighted by Gasteiger charge is -2.13. The molecule has 0 radical (unpaired) electrons. The molecule has 0 spiro atoms. The van der Waals surface area contributed by atoms with Gasteiger partial charge in [-0.2, -0.15) is 0 Å². The molecule has 0 unspecified atom stereocenters. The Balaban J connectivity index is 2.32. The van der Waals surface area contributed by atoms with E-state index in [1.54, 1.807) is 36.4 Å². The second kappa shape index (κ2) is 6.04. The number of benzene rings is 2. The second-order valence-electron chi connectivity index (χ2n) is 4.37. The molecule has 5 N–H and O–H groups in total. The number of rotatable bonds is 4. The summed E-state index contributed by atoms with van der Waals surface area (Å²) in [6, 6.07) is 9.89. The van der Waals surface area contributed by atoms with Gasteiger partial charge in [-0.25, -0.2) is 0 Å². The van der Waals surface area contributed by atoms with Crippen molar-refractivity contribution in [1.82, 2.24) is 0 Å². The highest BCUT2D eigenvalue weighted by Gasteiger charge is 2.13. The van der Waals surface area contributed by atoms with Gasteiger partial charge in [-0.3, -0.25) is 4.79 Å². The van der Waals surface area contributed by atoms with Crippen LogP contribution in [0.2, 0.25) is 0 Å². The van der Waals surface area contributed by atoms with Crippen LogP contribution in [0, 0.1) is 0 Å². The van der Waals surface area contributed by atoms with Gasteiger partial charge in [0.15, 0.2) is 0 Å². The molecule has 0 saturated heterocycles. The zero-order valence-electron chi connectivity index (χ0n) is 11.8. The molecule has 2 aromatic carbocycles. The van der Waals surface area contributed by atoms with Gasteiger partial charge in [0.25, 0.3) is 5.91 Å². The minimum Gasteiger partial charge on any atom is -0.495 e. The van der Waals surface area contributed by atoms with Crippen LogP contribution in [0.3, 0.4) is 0 Å². The maximum atomic E-state index is 12.2. The number of nitrogens with one attached hydrogen (secondary N) is 1. The molecule has 0 aliphatic rings. The number of carbonyl (C=O) groups excluding carboxylic acids is 1. The summed E-state index contributed by atoms with van der Waals surface area (Å²) >= 11 is 0. The van der Waals surface area contributed by atoms with Crippen molar-refractivity contribution in [3.05, 3.63) is 42.0 Å². The number of amides is 1. The standard InChI is InChI=1S/C15H17N3O3/c1-20-13-8-12(14(21-2)7-11(13)17)18-15(19)9-4-3-5-10(16)6-9/h3-8H,16-17H2,1-2H3,(H,18,19). The Kier molecular flexibility index (Phi) is 4.18.